The van der Waals surface area contributed by atoms with Crippen molar-refractivity contribution in [2.75, 3.05) is 18.0 Å². The van der Waals surface area contributed by atoms with Crippen LogP contribution in [0.25, 0.3) is 10.9 Å². The van der Waals surface area contributed by atoms with Gasteiger partial charge in [0.05, 0.1) is 11.6 Å². The smallest absolute Gasteiger partial charge is 0.404 e. The van der Waals surface area contributed by atoms with Crippen molar-refractivity contribution in [3.8, 4) is 0 Å². The number of carbonyl (C=O) groups is 1. The van der Waals surface area contributed by atoms with E-state index in [0.29, 0.717) is 6.54 Å². The average molecular weight is 257 g/mol. The number of hydrogen-bond donors (Lipinski definition) is 2. The Kier molecular flexibility index (Phi) is 2.95. The van der Waals surface area contributed by atoms with Crippen LogP contribution in [0.5, 0.6) is 0 Å². The highest BCUT2D eigenvalue weighted by Gasteiger charge is 2.24. The predicted molar refractivity (Wildman–Crippen MR) is 73.5 cm³/mol. The van der Waals surface area contributed by atoms with E-state index in [0.717, 1.165) is 29.6 Å². The van der Waals surface area contributed by atoms with E-state index in [2.05, 4.69) is 27.3 Å². The molecular formula is C14H15N3O2. The first-order chi connectivity index (χ1) is 9.24. The lowest BCUT2D eigenvalue weighted by atomic mass is 10.1. The van der Waals surface area contributed by atoms with E-state index in [1.807, 2.05) is 18.2 Å². The fourth-order valence-electron chi connectivity index (χ4n) is 2.63. The normalized spacial score (nSPS) is 18.7. The lowest BCUT2D eigenvalue weighted by Crippen LogP contribution is -2.36. The molecule has 1 aromatic heterocycles. The summed E-state index contributed by atoms with van der Waals surface area (Å²) < 4.78 is 0. The zero-order chi connectivity index (χ0) is 13.2. The molecule has 0 aliphatic carbocycles. The summed E-state index contributed by atoms with van der Waals surface area (Å²) in [6, 6.07) is 10.0. The van der Waals surface area contributed by atoms with Gasteiger partial charge in [-0.3, -0.25) is 4.98 Å². The second-order valence-corrected chi connectivity index (χ2v) is 4.73. The van der Waals surface area contributed by atoms with E-state index in [1.54, 1.807) is 6.20 Å². The lowest BCUT2D eigenvalue weighted by molar-refractivity contribution is 0.191. The first-order valence-electron chi connectivity index (χ1n) is 6.32. The van der Waals surface area contributed by atoms with Gasteiger partial charge in [0.25, 0.3) is 0 Å². The summed E-state index contributed by atoms with van der Waals surface area (Å²) in [5.74, 6) is 0. The van der Waals surface area contributed by atoms with Crippen LogP contribution in [0.4, 0.5) is 10.5 Å². The third-order valence-corrected chi connectivity index (χ3v) is 3.48. The van der Waals surface area contributed by atoms with Crippen LogP contribution in [0.15, 0.2) is 36.5 Å². The quantitative estimate of drug-likeness (QED) is 0.864. The van der Waals surface area contributed by atoms with E-state index in [4.69, 9.17) is 5.11 Å². The van der Waals surface area contributed by atoms with Crippen molar-refractivity contribution in [1.82, 2.24) is 10.3 Å². The van der Waals surface area contributed by atoms with Crippen molar-refractivity contribution in [3.05, 3.63) is 36.5 Å². The predicted octanol–water partition coefficient (Wildman–Crippen LogP) is 2.08. The molecule has 2 aromatic rings. The summed E-state index contributed by atoms with van der Waals surface area (Å²) in [5.41, 5.74) is 2.09. The molecule has 1 aliphatic rings. The van der Waals surface area contributed by atoms with Crippen LogP contribution in [0.3, 0.4) is 0 Å². The number of fused-ring (bicyclic) bond motifs is 1. The van der Waals surface area contributed by atoms with Gasteiger partial charge < -0.3 is 15.3 Å². The van der Waals surface area contributed by atoms with E-state index in [1.165, 1.54) is 0 Å². The number of benzene rings is 1. The summed E-state index contributed by atoms with van der Waals surface area (Å²) in [6.07, 6.45) is 1.67. The minimum Gasteiger partial charge on any atom is -0.465 e. The highest BCUT2D eigenvalue weighted by Crippen LogP contribution is 2.28. The zero-order valence-corrected chi connectivity index (χ0v) is 10.4. The van der Waals surface area contributed by atoms with E-state index in [-0.39, 0.29) is 6.04 Å². The number of hydrogen-bond acceptors (Lipinski definition) is 3. The fraction of sp³-hybridized carbons (Fsp3) is 0.286. The van der Waals surface area contributed by atoms with E-state index in [9.17, 15) is 4.79 Å². The molecule has 0 saturated carbocycles. The molecule has 19 heavy (non-hydrogen) atoms. The monoisotopic (exact) mass is 257 g/mol. The summed E-state index contributed by atoms with van der Waals surface area (Å²) in [4.78, 5) is 17.2. The summed E-state index contributed by atoms with van der Waals surface area (Å²) in [7, 11) is 0. The van der Waals surface area contributed by atoms with Gasteiger partial charge in [-0.2, -0.15) is 0 Å². The maximum absolute atomic E-state index is 10.7. The van der Waals surface area contributed by atoms with Crippen molar-refractivity contribution in [2.24, 2.45) is 0 Å². The van der Waals surface area contributed by atoms with Gasteiger partial charge >= 0.3 is 6.09 Å². The molecule has 0 bridgehead atoms. The van der Waals surface area contributed by atoms with Crippen molar-refractivity contribution in [1.29, 1.82) is 0 Å². The molecule has 0 spiro atoms. The molecule has 1 amide bonds. The van der Waals surface area contributed by atoms with Crippen LogP contribution in [0.1, 0.15) is 6.42 Å². The first-order valence-corrected chi connectivity index (χ1v) is 6.32. The summed E-state index contributed by atoms with van der Waals surface area (Å²) in [6.45, 7) is 1.57. The molecule has 5 heteroatoms. The van der Waals surface area contributed by atoms with Gasteiger partial charge in [-0.1, -0.05) is 6.07 Å². The Labute approximate surface area is 110 Å². The Hall–Kier alpha value is -2.30. The largest absolute Gasteiger partial charge is 0.465 e. The maximum Gasteiger partial charge on any atom is 0.404 e. The molecular weight excluding hydrogens is 242 g/mol. The van der Waals surface area contributed by atoms with E-state index >= 15 is 0 Å². The van der Waals surface area contributed by atoms with Crippen LogP contribution in [-0.4, -0.2) is 35.3 Å². The summed E-state index contributed by atoms with van der Waals surface area (Å²) >= 11 is 0. The van der Waals surface area contributed by atoms with Gasteiger partial charge in [0.1, 0.15) is 0 Å². The van der Waals surface area contributed by atoms with E-state index < -0.39 is 6.09 Å². The Bertz CT molecular complexity index is 609. The second kappa shape index (κ2) is 4.76. The number of anilines is 1. The Morgan fingerprint density at radius 1 is 1.37 bits per heavy atom. The molecule has 1 aliphatic heterocycles. The molecule has 1 atom stereocenters. The third kappa shape index (κ3) is 2.31. The SMILES string of the molecule is O=C(O)N[C@H]1CCN(c2cccc3ncccc23)C1. The highest BCUT2D eigenvalue weighted by molar-refractivity contribution is 5.91. The lowest BCUT2D eigenvalue weighted by Gasteiger charge is -2.20. The van der Waals surface area contributed by atoms with Gasteiger partial charge in [0.2, 0.25) is 0 Å². The van der Waals surface area contributed by atoms with Crippen LogP contribution >= 0.6 is 0 Å². The number of pyridine rings is 1. The number of carboxylic acid groups (broad SMARTS) is 1. The molecule has 0 radical (unpaired) electrons. The van der Waals surface area contributed by atoms with Crippen molar-refractivity contribution in [2.45, 2.75) is 12.5 Å². The third-order valence-electron chi connectivity index (χ3n) is 3.48. The Balaban J connectivity index is 1.87. The molecule has 1 aromatic carbocycles. The van der Waals surface area contributed by atoms with Crippen molar-refractivity contribution < 1.29 is 9.90 Å². The standard InChI is InChI=1S/C14H15N3O2/c18-14(19)16-10-6-8-17(9-10)13-5-1-4-12-11(13)3-2-7-15-12/h1-5,7,10,16H,6,8-9H2,(H,18,19)/t10-/m0/s1. The fourth-order valence-corrected chi connectivity index (χ4v) is 2.63. The molecule has 0 unspecified atom stereocenters. The maximum atomic E-state index is 10.7. The minimum absolute atomic E-state index is 0.00410. The van der Waals surface area contributed by atoms with Crippen molar-refractivity contribution in [3.63, 3.8) is 0 Å². The topological polar surface area (TPSA) is 65.5 Å². The molecule has 3 rings (SSSR count). The number of amides is 1. The summed E-state index contributed by atoms with van der Waals surface area (Å²) in [5, 5.41) is 12.4. The van der Waals surface area contributed by atoms with Crippen LogP contribution in [0, 0.1) is 0 Å². The highest BCUT2D eigenvalue weighted by atomic mass is 16.4. The molecule has 5 nitrogen and oxygen atoms in total. The van der Waals surface area contributed by atoms with Crippen LogP contribution in [-0.2, 0) is 0 Å². The number of rotatable bonds is 2. The number of nitrogens with one attached hydrogen (secondary N) is 1. The van der Waals surface area contributed by atoms with Gasteiger partial charge in [-0.15, -0.1) is 0 Å². The Morgan fingerprint density at radius 2 is 2.26 bits per heavy atom. The zero-order valence-electron chi connectivity index (χ0n) is 10.4. The van der Waals surface area contributed by atoms with Crippen LogP contribution in [0.2, 0.25) is 0 Å². The average Bonchev–Trinajstić information content (AvgIpc) is 2.85. The number of aromatic nitrogens is 1. The molecule has 2 N–H and O–H groups in total. The first kappa shape index (κ1) is 11.8. The molecule has 98 valence electrons. The second-order valence-electron chi connectivity index (χ2n) is 4.73. The molecule has 1 saturated heterocycles. The van der Waals surface area contributed by atoms with Gasteiger partial charge in [-0.05, 0) is 30.7 Å². The number of nitrogens with zero attached hydrogens (tertiary/aromatic N) is 2. The van der Waals surface area contributed by atoms with Gasteiger partial charge in [0, 0.05) is 30.4 Å². The Morgan fingerprint density at radius 3 is 3.11 bits per heavy atom. The van der Waals surface area contributed by atoms with Crippen LogP contribution < -0.4 is 10.2 Å². The van der Waals surface area contributed by atoms with Crippen molar-refractivity contribution >= 4 is 22.7 Å². The minimum atomic E-state index is -0.952. The molecule has 1 fully saturated rings. The van der Waals surface area contributed by atoms with Gasteiger partial charge in [0.15, 0.2) is 0 Å². The van der Waals surface area contributed by atoms with Gasteiger partial charge in [-0.25, -0.2) is 4.79 Å². The molecule has 2 heterocycles.